The Morgan fingerprint density at radius 3 is 1.83 bits per heavy atom. The molecule has 0 fully saturated rings. The molecule has 5 heteroatoms. The highest BCUT2D eigenvalue weighted by Gasteiger charge is 2.23. The molecule has 0 saturated carbocycles. The van der Waals surface area contributed by atoms with E-state index >= 15 is 0 Å². The lowest BCUT2D eigenvalue weighted by molar-refractivity contribution is 0.0607. The van der Waals surface area contributed by atoms with Gasteiger partial charge >= 0.3 is 5.97 Å². The molecule has 3 aromatic carbocycles. The van der Waals surface area contributed by atoms with Gasteiger partial charge in [-0.15, -0.1) is 0 Å². The lowest BCUT2D eigenvalue weighted by Crippen LogP contribution is -2.21. The topological polar surface area (TPSA) is 42.4 Å². The number of nitrogens with zero attached hydrogens (tertiary/aromatic N) is 2. The van der Waals surface area contributed by atoms with Crippen molar-refractivity contribution in [1.29, 1.82) is 0 Å². The van der Waals surface area contributed by atoms with Crippen molar-refractivity contribution >= 4 is 22.4 Å². The minimum Gasteiger partial charge on any atom is -0.465 e. The normalized spacial score (nSPS) is 10.6. The molecule has 1 heterocycles. The lowest BCUT2D eigenvalue weighted by atomic mass is 10.1. The van der Waals surface area contributed by atoms with Crippen LogP contribution in [0.3, 0.4) is 0 Å². The minimum absolute atomic E-state index is 0.364. The molecule has 150 valence electrons. The van der Waals surface area contributed by atoms with Crippen molar-refractivity contribution in [3.63, 3.8) is 0 Å². The fourth-order valence-corrected chi connectivity index (χ4v) is 4.27. The van der Waals surface area contributed by atoms with E-state index in [1.807, 2.05) is 66.7 Å². The van der Waals surface area contributed by atoms with E-state index in [0.717, 1.165) is 10.7 Å². The Kier molecular flexibility index (Phi) is 6.20. The van der Waals surface area contributed by atoms with Crippen LogP contribution in [0.5, 0.6) is 0 Å². The number of hydrogen-bond acceptors (Lipinski definition) is 5. The predicted octanol–water partition coefficient (Wildman–Crippen LogP) is 5.80. The van der Waals surface area contributed by atoms with Crippen molar-refractivity contribution in [2.24, 2.45) is 0 Å². The van der Waals surface area contributed by atoms with Gasteiger partial charge in [-0.1, -0.05) is 102 Å². The van der Waals surface area contributed by atoms with Crippen LogP contribution in [0, 0.1) is 0 Å². The van der Waals surface area contributed by atoms with E-state index in [9.17, 15) is 4.79 Å². The number of hydrogen-bond donors (Lipinski definition) is 0. The molecule has 0 unspecified atom stereocenters. The van der Waals surface area contributed by atoms with Gasteiger partial charge in [-0.05, 0) is 11.1 Å². The molecule has 0 N–H and O–H groups in total. The van der Waals surface area contributed by atoms with Gasteiger partial charge in [-0.2, -0.15) is 0 Å². The highest BCUT2D eigenvalue weighted by Crippen LogP contribution is 2.35. The third-order valence-electron chi connectivity index (χ3n) is 4.74. The van der Waals surface area contributed by atoms with Crippen molar-refractivity contribution < 1.29 is 9.53 Å². The first-order valence-corrected chi connectivity index (χ1v) is 10.5. The van der Waals surface area contributed by atoms with Gasteiger partial charge in [-0.25, -0.2) is 9.78 Å². The van der Waals surface area contributed by atoms with Gasteiger partial charge in [0, 0.05) is 18.7 Å². The fourth-order valence-electron chi connectivity index (χ4n) is 3.27. The first kappa shape index (κ1) is 19.9. The second kappa shape index (κ2) is 9.37. The van der Waals surface area contributed by atoms with Crippen molar-refractivity contribution in [3.05, 3.63) is 107 Å². The van der Waals surface area contributed by atoms with Crippen molar-refractivity contribution in [2.45, 2.75) is 13.1 Å². The van der Waals surface area contributed by atoms with Crippen LogP contribution in [-0.4, -0.2) is 18.1 Å². The van der Waals surface area contributed by atoms with E-state index in [4.69, 9.17) is 9.72 Å². The molecule has 0 bridgehead atoms. The molecule has 4 aromatic rings. The maximum Gasteiger partial charge on any atom is 0.350 e. The zero-order valence-corrected chi connectivity index (χ0v) is 17.5. The largest absolute Gasteiger partial charge is 0.465 e. The molecule has 4 nitrogen and oxygen atoms in total. The van der Waals surface area contributed by atoms with E-state index < -0.39 is 0 Å². The summed E-state index contributed by atoms with van der Waals surface area (Å²) < 4.78 is 5.04. The summed E-state index contributed by atoms with van der Waals surface area (Å²) in [4.78, 5) is 20.1. The van der Waals surface area contributed by atoms with Gasteiger partial charge < -0.3 is 9.64 Å². The number of carbonyl (C=O) groups is 1. The molecule has 4 rings (SSSR count). The Labute approximate surface area is 180 Å². The van der Waals surface area contributed by atoms with Gasteiger partial charge in [0.15, 0.2) is 5.13 Å². The maximum atomic E-state index is 12.5. The van der Waals surface area contributed by atoms with Crippen LogP contribution >= 0.6 is 11.3 Å². The number of esters is 1. The van der Waals surface area contributed by atoms with Crippen LogP contribution in [0.15, 0.2) is 91.0 Å². The Balaban J connectivity index is 1.75. The molecule has 30 heavy (non-hydrogen) atoms. The van der Waals surface area contributed by atoms with E-state index in [1.54, 1.807) is 0 Å². The number of thiazole rings is 1. The zero-order valence-electron chi connectivity index (χ0n) is 16.7. The SMILES string of the molecule is COC(=O)c1sc(N(Cc2ccccc2)Cc2ccccc2)nc1-c1ccccc1. The Morgan fingerprint density at radius 1 is 0.833 bits per heavy atom. The molecule has 0 aliphatic carbocycles. The first-order chi connectivity index (χ1) is 14.7. The number of benzene rings is 3. The van der Waals surface area contributed by atoms with E-state index in [1.165, 1.54) is 29.6 Å². The fraction of sp³-hybridized carbons (Fsp3) is 0.120. The number of rotatable bonds is 7. The summed E-state index contributed by atoms with van der Waals surface area (Å²) in [5.41, 5.74) is 3.93. The van der Waals surface area contributed by atoms with Crippen molar-refractivity contribution in [3.8, 4) is 11.3 Å². The standard InChI is InChI=1S/C25H22N2O2S/c1-29-24(28)23-22(21-15-9-4-10-16-21)26-25(30-23)27(17-19-11-5-2-6-12-19)18-20-13-7-3-8-14-20/h2-16H,17-18H2,1H3. The van der Waals surface area contributed by atoms with E-state index in [2.05, 4.69) is 29.2 Å². The average molecular weight is 415 g/mol. The van der Waals surface area contributed by atoms with E-state index in [0.29, 0.717) is 23.7 Å². The number of aromatic nitrogens is 1. The molecule has 0 radical (unpaired) electrons. The second-order valence-corrected chi connectivity index (χ2v) is 7.84. The minimum atomic E-state index is -0.364. The Hall–Kier alpha value is -3.44. The highest BCUT2D eigenvalue weighted by molar-refractivity contribution is 7.17. The third kappa shape index (κ3) is 4.58. The maximum absolute atomic E-state index is 12.5. The van der Waals surface area contributed by atoms with Crippen LogP contribution in [0.4, 0.5) is 5.13 Å². The van der Waals surface area contributed by atoms with Crippen LogP contribution < -0.4 is 4.90 Å². The van der Waals surface area contributed by atoms with Gasteiger partial charge in [0.1, 0.15) is 4.88 Å². The predicted molar refractivity (Wildman–Crippen MR) is 122 cm³/mol. The van der Waals surface area contributed by atoms with Crippen LogP contribution in [0.25, 0.3) is 11.3 Å². The van der Waals surface area contributed by atoms with Crippen LogP contribution in [0.1, 0.15) is 20.8 Å². The summed E-state index contributed by atoms with van der Waals surface area (Å²) in [5.74, 6) is -0.364. The van der Waals surface area contributed by atoms with Crippen molar-refractivity contribution in [2.75, 3.05) is 12.0 Å². The number of methoxy groups -OCH3 is 1. The first-order valence-electron chi connectivity index (χ1n) is 9.72. The summed E-state index contributed by atoms with van der Waals surface area (Å²) in [6.07, 6.45) is 0. The molecular formula is C25H22N2O2S. The second-order valence-electron chi connectivity index (χ2n) is 6.86. The molecular weight excluding hydrogens is 392 g/mol. The Bertz CT molecular complexity index is 1050. The summed E-state index contributed by atoms with van der Waals surface area (Å²) >= 11 is 1.37. The summed E-state index contributed by atoms with van der Waals surface area (Å²) in [5, 5.41) is 0.793. The smallest absolute Gasteiger partial charge is 0.350 e. The zero-order chi connectivity index (χ0) is 20.8. The van der Waals surface area contributed by atoms with Gasteiger partial charge in [-0.3, -0.25) is 0 Å². The molecule has 0 amide bonds. The molecule has 0 aliphatic heterocycles. The molecule has 0 atom stereocenters. The number of anilines is 1. The summed E-state index contributed by atoms with van der Waals surface area (Å²) in [6, 6.07) is 30.3. The lowest BCUT2D eigenvalue weighted by Gasteiger charge is -2.22. The molecule has 0 aliphatic rings. The quantitative estimate of drug-likeness (QED) is 0.358. The highest BCUT2D eigenvalue weighted by atomic mass is 32.1. The molecule has 1 aromatic heterocycles. The van der Waals surface area contributed by atoms with Crippen molar-refractivity contribution in [1.82, 2.24) is 4.98 Å². The third-order valence-corrected chi connectivity index (χ3v) is 5.83. The van der Waals surface area contributed by atoms with Gasteiger partial charge in [0.05, 0.1) is 12.8 Å². The number of ether oxygens (including phenoxy) is 1. The molecule has 0 saturated heterocycles. The Morgan fingerprint density at radius 2 is 1.33 bits per heavy atom. The van der Waals surface area contributed by atoms with Crippen LogP contribution in [-0.2, 0) is 17.8 Å². The van der Waals surface area contributed by atoms with Gasteiger partial charge in [0.25, 0.3) is 0 Å². The molecule has 0 spiro atoms. The monoisotopic (exact) mass is 414 g/mol. The summed E-state index contributed by atoms with van der Waals surface area (Å²) in [6.45, 7) is 1.39. The average Bonchev–Trinajstić information content (AvgIpc) is 3.26. The summed E-state index contributed by atoms with van der Waals surface area (Å²) in [7, 11) is 1.40. The van der Waals surface area contributed by atoms with Crippen LogP contribution in [0.2, 0.25) is 0 Å². The number of carbonyl (C=O) groups excluding carboxylic acids is 1. The van der Waals surface area contributed by atoms with E-state index in [-0.39, 0.29) is 5.97 Å². The van der Waals surface area contributed by atoms with Gasteiger partial charge in [0.2, 0.25) is 0 Å².